The highest BCUT2D eigenvalue weighted by atomic mass is 32.1. The highest BCUT2D eigenvalue weighted by Crippen LogP contribution is 2.31. The van der Waals surface area contributed by atoms with E-state index in [1.807, 2.05) is 30.3 Å². The summed E-state index contributed by atoms with van der Waals surface area (Å²) in [7, 11) is 0. The van der Waals surface area contributed by atoms with Gasteiger partial charge in [-0.3, -0.25) is 4.90 Å². The third kappa shape index (κ3) is 5.25. The first-order chi connectivity index (χ1) is 14.2. The molecule has 0 bridgehead atoms. The number of para-hydroxylation sites is 1. The topological polar surface area (TPSA) is 30.3 Å². The van der Waals surface area contributed by atoms with Crippen molar-refractivity contribution in [3.63, 3.8) is 0 Å². The number of nitrogens with zero attached hydrogens (tertiary/aromatic N) is 3. The molecule has 0 amide bonds. The average Bonchev–Trinajstić information content (AvgIpc) is 3.37. The Morgan fingerprint density at radius 3 is 2.48 bits per heavy atom. The molecular weight excluding hydrogens is 378 g/mol. The van der Waals surface area contributed by atoms with Gasteiger partial charge in [0.1, 0.15) is 5.75 Å². The molecule has 4 rings (SSSR count). The highest BCUT2D eigenvalue weighted by Gasteiger charge is 2.11. The van der Waals surface area contributed by atoms with E-state index in [1.54, 1.807) is 11.3 Å². The zero-order valence-electron chi connectivity index (χ0n) is 17.0. The number of ether oxygens (including phenoxy) is 1. The Morgan fingerprint density at radius 2 is 1.76 bits per heavy atom. The zero-order chi connectivity index (χ0) is 20.1. The lowest BCUT2D eigenvalue weighted by molar-refractivity contribution is 0.206. The number of rotatable bonds is 9. The molecule has 4 nitrogen and oxygen atoms in total. The van der Waals surface area contributed by atoms with Gasteiger partial charge in [-0.15, -0.1) is 0 Å². The molecule has 2 heterocycles. The normalized spacial score (nSPS) is 11.6. The molecule has 0 atom stereocenters. The van der Waals surface area contributed by atoms with E-state index in [0.29, 0.717) is 11.2 Å². The maximum absolute atomic E-state index is 5.97. The summed E-state index contributed by atoms with van der Waals surface area (Å²) in [6, 6.07) is 21.2. The van der Waals surface area contributed by atoms with E-state index in [9.17, 15) is 0 Å². The summed E-state index contributed by atoms with van der Waals surface area (Å²) in [5.41, 5.74) is 2.29. The molecule has 0 aliphatic rings. The van der Waals surface area contributed by atoms with Gasteiger partial charge < -0.3 is 9.30 Å². The van der Waals surface area contributed by atoms with Gasteiger partial charge >= 0.3 is 0 Å². The second-order valence-corrected chi connectivity index (χ2v) is 8.53. The molecule has 0 radical (unpaired) electrons. The predicted octanol–water partition coefficient (Wildman–Crippen LogP) is 6.19. The Balaban J connectivity index is 1.34. The molecule has 29 heavy (non-hydrogen) atoms. The summed E-state index contributed by atoms with van der Waals surface area (Å²) in [5, 5.41) is 0.688. The van der Waals surface area contributed by atoms with Crippen molar-refractivity contribution >= 4 is 21.6 Å². The van der Waals surface area contributed by atoms with Gasteiger partial charge in [0.25, 0.3) is 5.19 Å². The van der Waals surface area contributed by atoms with Crippen LogP contribution in [0.5, 0.6) is 10.9 Å². The highest BCUT2D eigenvalue weighted by molar-refractivity contribution is 7.20. The first-order valence-corrected chi connectivity index (χ1v) is 11.0. The molecule has 150 valence electrons. The van der Waals surface area contributed by atoms with Crippen molar-refractivity contribution in [2.75, 3.05) is 6.54 Å². The lowest BCUT2D eigenvalue weighted by Gasteiger charge is -2.26. The molecule has 0 saturated carbocycles. The van der Waals surface area contributed by atoms with Gasteiger partial charge in [0.15, 0.2) is 0 Å². The molecule has 0 spiro atoms. The molecule has 0 aliphatic carbocycles. The summed E-state index contributed by atoms with van der Waals surface area (Å²) < 4.78 is 9.36. The van der Waals surface area contributed by atoms with Crippen molar-refractivity contribution in [1.82, 2.24) is 14.5 Å². The molecule has 0 aliphatic heterocycles. The number of aromatic nitrogens is 2. The maximum Gasteiger partial charge on any atom is 0.279 e. The van der Waals surface area contributed by atoms with Crippen molar-refractivity contribution < 1.29 is 4.74 Å². The number of thiazole rings is 1. The molecule has 0 fully saturated rings. The number of hydrogen-bond donors (Lipinski definition) is 0. The van der Waals surface area contributed by atoms with Crippen LogP contribution in [0.25, 0.3) is 10.2 Å². The van der Waals surface area contributed by atoms with Gasteiger partial charge in [-0.05, 0) is 62.2 Å². The fraction of sp³-hybridized carbons (Fsp3) is 0.292. The second-order valence-electron chi connectivity index (χ2n) is 7.53. The van der Waals surface area contributed by atoms with E-state index in [2.05, 4.69) is 71.0 Å². The van der Waals surface area contributed by atoms with Crippen molar-refractivity contribution in [2.45, 2.75) is 39.4 Å². The fourth-order valence-corrected chi connectivity index (χ4v) is 4.22. The summed E-state index contributed by atoms with van der Waals surface area (Å²) >= 11 is 1.58. The number of hydrogen-bond acceptors (Lipinski definition) is 4. The van der Waals surface area contributed by atoms with Crippen LogP contribution in [0.4, 0.5) is 0 Å². The molecule has 0 saturated heterocycles. The summed E-state index contributed by atoms with van der Waals surface area (Å²) in [6.45, 7) is 7.62. The minimum atomic E-state index is 0.512. The second kappa shape index (κ2) is 9.25. The van der Waals surface area contributed by atoms with Crippen LogP contribution in [0.15, 0.2) is 73.1 Å². The van der Waals surface area contributed by atoms with Crippen LogP contribution < -0.4 is 4.74 Å². The Morgan fingerprint density at radius 1 is 1.00 bits per heavy atom. The van der Waals surface area contributed by atoms with Crippen molar-refractivity contribution in [3.05, 3.63) is 78.6 Å². The maximum atomic E-state index is 5.97. The monoisotopic (exact) mass is 405 g/mol. The predicted molar refractivity (Wildman–Crippen MR) is 121 cm³/mol. The number of aryl methyl sites for hydroxylation is 1. The van der Waals surface area contributed by atoms with Crippen molar-refractivity contribution in [2.24, 2.45) is 0 Å². The van der Waals surface area contributed by atoms with Gasteiger partial charge in [-0.25, -0.2) is 4.98 Å². The van der Waals surface area contributed by atoms with Crippen molar-refractivity contribution in [1.29, 1.82) is 0 Å². The van der Waals surface area contributed by atoms with Crippen molar-refractivity contribution in [3.8, 4) is 10.9 Å². The molecule has 4 aromatic rings. The average molecular weight is 406 g/mol. The molecule has 0 N–H and O–H groups in total. The smallest absolute Gasteiger partial charge is 0.279 e. The van der Waals surface area contributed by atoms with Crippen LogP contribution in [-0.4, -0.2) is 27.0 Å². The van der Waals surface area contributed by atoms with Crippen LogP contribution in [0, 0.1) is 0 Å². The Bertz CT molecular complexity index is 989. The molecular formula is C24H27N3OS. The Hall–Kier alpha value is -2.63. The van der Waals surface area contributed by atoms with Gasteiger partial charge in [-0.1, -0.05) is 35.6 Å². The van der Waals surface area contributed by atoms with Crippen LogP contribution in [0.1, 0.15) is 25.8 Å². The van der Waals surface area contributed by atoms with E-state index < -0.39 is 0 Å². The first-order valence-electron chi connectivity index (χ1n) is 10.1. The van der Waals surface area contributed by atoms with E-state index in [1.165, 1.54) is 5.56 Å². The minimum Gasteiger partial charge on any atom is -0.431 e. The largest absolute Gasteiger partial charge is 0.431 e. The van der Waals surface area contributed by atoms with E-state index in [0.717, 1.165) is 42.0 Å². The van der Waals surface area contributed by atoms with Crippen LogP contribution in [0.2, 0.25) is 0 Å². The third-order valence-corrected chi connectivity index (χ3v) is 5.96. The Labute approximate surface area is 176 Å². The van der Waals surface area contributed by atoms with Crippen LogP contribution in [-0.2, 0) is 13.1 Å². The number of benzene rings is 2. The molecule has 0 unspecified atom stereocenters. The van der Waals surface area contributed by atoms with E-state index in [4.69, 9.17) is 4.74 Å². The van der Waals surface area contributed by atoms with Gasteiger partial charge in [0.2, 0.25) is 0 Å². The zero-order valence-corrected chi connectivity index (χ0v) is 17.8. The standard InChI is InChI=1S/C24H27N3OS/c1-19(2)27(17-7-16-26-14-5-6-15-26)18-20-10-12-21(13-11-20)28-24-25-22-8-3-4-9-23(22)29-24/h3-6,8-15,19H,7,16-18H2,1-2H3. The van der Waals surface area contributed by atoms with E-state index in [-0.39, 0.29) is 0 Å². The lowest BCUT2D eigenvalue weighted by atomic mass is 10.1. The summed E-state index contributed by atoms with van der Waals surface area (Å²) in [5.74, 6) is 0.830. The quantitative estimate of drug-likeness (QED) is 0.332. The summed E-state index contributed by atoms with van der Waals surface area (Å²) in [4.78, 5) is 7.06. The number of fused-ring (bicyclic) bond motifs is 1. The first kappa shape index (κ1) is 19.7. The van der Waals surface area contributed by atoms with Gasteiger partial charge in [0.05, 0.1) is 10.2 Å². The third-order valence-electron chi connectivity index (χ3n) is 5.05. The molecule has 2 aromatic heterocycles. The fourth-order valence-electron chi connectivity index (χ4n) is 3.39. The Kier molecular flexibility index (Phi) is 6.27. The molecule has 5 heteroatoms. The van der Waals surface area contributed by atoms with E-state index >= 15 is 0 Å². The SMILES string of the molecule is CC(C)N(CCCn1cccc1)Cc1ccc(Oc2nc3ccccc3s2)cc1. The minimum absolute atomic E-state index is 0.512. The van der Waals surface area contributed by atoms with Crippen LogP contribution in [0.3, 0.4) is 0 Å². The molecule has 2 aromatic carbocycles. The van der Waals surface area contributed by atoms with Gasteiger partial charge in [0, 0.05) is 38.1 Å². The van der Waals surface area contributed by atoms with Crippen LogP contribution >= 0.6 is 11.3 Å². The van der Waals surface area contributed by atoms with Gasteiger partial charge in [-0.2, -0.15) is 0 Å². The summed E-state index contributed by atoms with van der Waals surface area (Å²) in [6.07, 6.45) is 5.40. The lowest BCUT2D eigenvalue weighted by Crippen LogP contribution is -2.31.